The highest BCUT2D eigenvalue weighted by Crippen LogP contribution is 2.35. The molecule has 1 atom stereocenters. The molecule has 1 aliphatic heterocycles. The summed E-state index contributed by atoms with van der Waals surface area (Å²) in [5.41, 5.74) is -0.0325. The molecule has 1 aromatic carbocycles. The third-order valence-corrected chi connectivity index (χ3v) is 7.20. The van der Waals surface area contributed by atoms with Crippen molar-refractivity contribution in [2.75, 3.05) is 69.7 Å². The van der Waals surface area contributed by atoms with Crippen molar-refractivity contribution in [3.8, 4) is 0 Å². The number of benzene rings is 1. The molecule has 44 heavy (non-hydrogen) atoms. The summed E-state index contributed by atoms with van der Waals surface area (Å²) in [6.07, 6.45) is 2.93. The van der Waals surface area contributed by atoms with Crippen molar-refractivity contribution >= 4 is 42.2 Å². The van der Waals surface area contributed by atoms with E-state index in [4.69, 9.17) is 4.74 Å². The fraction of sp³-hybridized carbons (Fsp3) is 0.484. The van der Waals surface area contributed by atoms with Crippen LogP contribution in [0.3, 0.4) is 0 Å². The summed E-state index contributed by atoms with van der Waals surface area (Å²) in [6.45, 7) is 13.8. The minimum atomic E-state index is -2.98. The predicted octanol–water partition coefficient (Wildman–Crippen LogP) is 3.87. The second-order valence-corrected chi connectivity index (χ2v) is 9.82. The van der Waals surface area contributed by atoms with Gasteiger partial charge in [0.15, 0.2) is 0 Å². The van der Waals surface area contributed by atoms with E-state index in [0.717, 1.165) is 31.8 Å². The van der Waals surface area contributed by atoms with Gasteiger partial charge >= 0.3 is 0 Å². The van der Waals surface area contributed by atoms with Crippen LogP contribution in [0.25, 0.3) is 5.57 Å². The molecule has 1 heterocycles. The summed E-state index contributed by atoms with van der Waals surface area (Å²) in [7, 11) is 1.82. The van der Waals surface area contributed by atoms with Crippen LogP contribution in [0.4, 0.5) is 24.5 Å². The van der Waals surface area contributed by atoms with Gasteiger partial charge in [-0.15, -0.1) is 0 Å². The zero-order valence-electron chi connectivity index (χ0n) is 25.9. The number of likely N-dealkylation sites (N-methyl/N-ethyl adjacent to an activating group) is 2. The summed E-state index contributed by atoms with van der Waals surface area (Å²) in [4.78, 5) is 36.8. The highest BCUT2D eigenvalue weighted by Gasteiger charge is 2.30. The van der Waals surface area contributed by atoms with Gasteiger partial charge in [0.2, 0.25) is 6.41 Å². The van der Waals surface area contributed by atoms with E-state index in [0.29, 0.717) is 45.1 Å². The van der Waals surface area contributed by atoms with Crippen molar-refractivity contribution < 1.29 is 27.5 Å². The lowest BCUT2D eigenvalue weighted by Gasteiger charge is -2.28. The molecule has 0 aromatic heterocycles. The third kappa shape index (κ3) is 10.4. The first-order valence-electron chi connectivity index (χ1n) is 14.6. The molecule has 1 saturated heterocycles. The quantitative estimate of drug-likeness (QED) is 0.0713. The molecule has 242 valence electrons. The number of allylic oxidation sites excluding steroid dienone is 2. The molecule has 10 nitrogen and oxygen atoms in total. The van der Waals surface area contributed by atoms with Gasteiger partial charge in [-0.1, -0.05) is 19.9 Å². The van der Waals surface area contributed by atoms with Gasteiger partial charge in [0.1, 0.15) is 5.82 Å². The van der Waals surface area contributed by atoms with Crippen molar-refractivity contribution in [3.05, 3.63) is 53.1 Å². The highest BCUT2D eigenvalue weighted by atomic mass is 19.3. The first-order chi connectivity index (χ1) is 21.3. The van der Waals surface area contributed by atoms with Gasteiger partial charge in [-0.3, -0.25) is 24.5 Å². The monoisotopic (exact) mass is 619 g/mol. The Hall–Kier alpha value is -3.81. The number of hydrogen-bond acceptors (Lipinski definition) is 8. The largest absolute Gasteiger partial charge is 0.378 e. The second-order valence-electron chi connectivity index (χ2n) is 9.82. The number of carbonyl (C=O) groups excluding carboxylic acids is 2. The maximum atomic E-state index is 15.8. The predicted molar refractivity (Wildman–Crippen MR) is 171 cm³/mol. The van der Waals surface area contributed by atoms with Crippen molar-refractivity contribution in [2.24, 2.45) is 9.98 Å². The lowest BCUT2D eigenvalue weighted by atomic mass is 10.0. The number of amides is 2. The summed E-state index contributed by atoms with van der Waals surface area (Å²) < 4.78 is 48.9. The molecule has 1 aliphatic rings. The molecule has 3 N–H and O–H groups in total. The van der Waals surface area contributed by atoms with Crippen molar-refractivity contribution in [2.45, 2.75) is 39.7 Å². The minimum Gasteiger partial charge on any atom is -0.378 e. The molecule has 1 unspecified atom stereocenters. The van der Waals surface area contributed by atoms with Gasteiger partial charge in [-0.2, -0.15) is 0 Å². The molecule has 2 amide bonds. The van der Waals surface area contributed by atoms with E-state index in [2.05, 4.69) is 51.4 Å². The Kier molecular flexibility index (Phi) is 16.1. The van der Waals surface area contributed by atoms with E-state index in [1.54, 1.807) is 0 Å². The van der Waals surface area contributed by atoms with Gasteiger partial charge in [-0.05, 0) is 52.3 Å². The van der Waals surface area contributed by atoms with Crippen LogP contribution in [0, 0.1) is 5.82 Å². The van der Waals surface area contributed by atoms with Crippen molar-refractivity contribution in [3.63, 3.8) is 0 Å². The summed E-state index contributed by atoms with van der Waals surface area (Å²) in [6, 6.07) is 2.97. The van der Waals surface area contributed by atoms with Crippen molar-refractivity contribution in [1.29, 1.82) is 0 Å². The van der Waals surface area contributed by atoms with Crippen LogP contribution in [-0.4, -0.2) is 102 Å². The number of carbonyl (C=O) groups is 2. The van der Waals surface area contributed by atoms with Gasteiger partial charge in [0, 0.05) is 61.0 Å². The lowest BCUT2D eigenvalue weighted by molar-refractivity contribution is -0.112. The van der Waals surface area contributed by atoms with Gasteiger partial charge in [-0.25, -0.2) is 13.2 Å². The Morgan fingerprint density at radius 1 is 1.27 bits per heavy atom. The number of rotatable bonds is 19. The first-order valence-corrected chi connectivity index (χ1v) is 14.6. The van der Waals surface area contributed by atoms with Crippen molar-refractivity contribution in [1.82, 2.24) is 15.5 Å². The molecular weight excluding hydrogens is 575 g/mol. The first kappa shape index (κ1) is 36.4. The maximum absolute atomic E-state index is 15.8. The highest BCUT2D eigenvalue weighted by molar-refractivity contribution is 6.12. The lowest BCUT2D eigenvalue weighted by Crippen LogP contribution is -2.37. The topological polar surface area (TPSA) is 111 Å². The fourth-order valence-corrected chi connectivity index (χ4v) is 4.96. The van der Waals surface area contributed by atoms with E-state index < -0.39 is 29.3 Å². The van der Waals surface area contributed by atoms with Crippen LogP contribution in [0.2, 0.25) is 0 Å². The molecule has 0 aliphatic carbocycles. The van der Waals surface area contributed by atoms with Crippen LogP contribution in [0.5, 0.6) is 0 Å². The van der Waals surface area contributed by atoms with E-state index in [1.807, 2.05) is 11.9 Å². The number of halogens is 3. The molecule has 0 radical (unpaired) electrons. The minimum absolute atomic E-state index is 0.0763. The number of hydrogen-bond donors (Lipinski definition) is 3. The second kappa shape index (κ2) is 19.5. The normalized spacial score (nSPS) is 16.3. The summed E-state index contributed by atoms with van der Waals surface area (Å²) >= 11 is 0. The molecule has 0 saturated carbocycles. The molecule has 13 heteroatoms. The summed E-state index contributed by atoms with van der Waals surface area (Å²) in [5.74, 6) is -1.48. The number of alkyl halides is 2. The molecule has 1 fully saturated rings. The zero-order valence-corrected chi connectivity index (χ0v) is 25.9. The molecular formula is C31H44F3N7O3. The molecule has 1 aromatic rings. The number of ether oxygens (including phenoxy) is 1. The average Bonchev–Trinajstić information content (AvgIpc) is 3.49. The van der Waals surface area contributed by atoms with E-state index in [-0.39, 0.29) is 29.3 Å². The molecule has 2 rings (SSSR count). The van der Waals surface area contributed by atoms with Gasteiger partial charge in [0.05, 0.1) is 36.7 Å². The number of anilines is 2. The summed E-state index contributed by atoms with van der Waals surface area (Å²) in [5, 5.41) is 7.85. The Morgan fingerprint density at radius 2 is 2.02 bits per heavy atom. The average molecular weight is 620 g/mol. The number of nitrogens with one attached hydrogen (secondary N) is 3. The fourth-order valence-electron chi connectivity index (χ4n) is 4.96. The number of aliphatic imine (C=N–C) groups is 2. The van der Waals surface area contributed by atoms with E-state index >= 15 is 4.39 Å². The van der Waals surface area contributed by atoms with Crippen LogP contribution in [0.15, 0.2) is 51.7 Å². The smallest absolute Gasteiger partial charge is 0.264 e. The third-order valence-electron chi connectivity index (χ3n) is 7.20. The van der Waals surface area contributed by atoms with E-state index in [1.165, 1.54) is 31.5 Å². The Morgan fingerprint density at radius 3 is 2.64 bits per heavy atom. The van der Waals surface area contributed by atoms with Gasteiger partial charge in [0.25, 0.3) is 12.3 Å². The van der Waals surface area contributed by atoms with Crippen LogP contribution in [-0.2, 0) is 14.3 Å². The van der Waals surface area contributed by atoms with Crippen LogP contribution in [0.1, 0.15) is 32.8 Å². The number of nitrogens with zero attached hydrogens (tertiary/aromatic N) is 4. The zero-order chi connectivity index (χ0) is 32.5. The van der Waals surface area contributed by atoms with Gasteiger partial charge < -0.3 is 25.6 Å². The Labute approximate surface area is 257 Å². The SMILES string of the molecule is C=N/C=C(\C=NCCOCCNC)c1cc(NC(=O)C(=C/NC=O)/C(=C\C)C(F)F)c(N2CCC(N(CC)CC)C2)cc1F. The van der Waals surface area contributed by atoms with Crippen LogP contribution >= 0.6 is 0 Å². The standard InChI is InChI=1S/C31H44F3N7O3/c1-6-24(30(33)34)26(19-38-21-42)31(43)39-28-15-25(22(17-36-5)18-37-11-14-44-13-10-35-4)27(32)16-29(28)41-12-9-23(20-41)40(7-2)8-3/h6,15-19,21,23,30,35H,5,7-14,20H2,1-4H3,(H,38,42)(H,39,43)/b22-17+,24-6+,26-19+,37-18?. The maximum Gasteiger partial charge on any atom is 0.264 e. The Balaban J connectivity index is 2.55. The molecule has 0 bridgehead atoms. The Bertz CT molecular complexity index is 1230. The molecule has 0 spiro atoms. The van der Waals surface area contributed by atoms with E-state index in [9.17, 15) is 18.4 Å². The van der Waals surface area contributed by atoms with Crippen LogP contribution < -0.4 is 20.9 Å².